The molecule has 0 bridgehead atoms. The molecular formula is C18H17N3O2S. The molecule has 0 spiro atoms. The van der Waals surface area contributed by atoms with E-state index in [0.717, 1.165) is 27.6 Å². The minimum atomic E-state index is -0.375. The van der Waals surface area contributed by atoms with Gasteiger partial charge in [-0.1, -0.05) is 42.5 Å². The van der Waals surface area contributed by atoms with E-state index in [2.05, 4.69) is 10.3 Å². The first-order valence-electron chi connectivity index (χ1n) is 7.41. The Bertz CT molecular complexity index is 846. The van der Waals surface area contributed by atoms with Crippen LogP contribution >= 0.6 is 11.3 Å². The number of hydrogen-bond acceptors (Lipinski definition) is 5. The molecule has 0 radical (unpaired) electrons. The van der Waals surface area contributed by atoms with E-state index >= 15 is 0 Å². The molecule has 0 fully saturated rings. The summed E-state index contributed by atoms with van der Waals surface area (Å²) < 4.78 is 5.34. The molecule has 0 aliphatic carbocycles. The molecule has 24 heavy (non-hydrogen) atoms. The Kier molecular flexibility index (Phi) is 4.77. The number of hydrogen-bond donors (Lipinski definition) is 2. The Morgan fingerprint density at radius 3 is 2.58 bits per heavy atom. The molecule has 0 unspecified atom stereocenters. The van der Waals surface area contributed by atoms with Crippen LogP contribution in [0.1, 0.15) is 4.88 Å². The number of amides is 1. The molecule has 0 saturated heterocycles. The summed E-state index contributed by atoms with van der Waals surface area (Å²) in [6.07, 6.45) is 0.162. The number of nitrogens with two attached hydrogens (primary N) is 1. The summed E-state index contributed by atoms with van der Waals surface area (Å²) in [6.45, 7) is 0. The maximum absolute atomic E-state index is 11.4. The predicted octanol–water partition coefficient (Wildman–Crippen LogP) is 3.59. The number of carbonyl (C=O) groups excluding carboxylic acids is 1. The van der Waals surface area contributed by atoms with Crippen LogP contribution in [-0.2, 0) is 11.2 Å². The van der Waals surface area contributed by atoms with Gasteiger partial charge in [-0.2, -0.15) is 0 Å². The van der Waals surface area contributed by atoms with Gasteiger partial charge in [0.25, 0.3) is 0 Å². The van der Waals surface area contributed by atoms with Crippen LogP contribution in [0.15, 0.2) is 54.6 Å². The molecule has 3 aromatic rings. The van der Waals surface area contributed by atoms with Crippen molar-refractivity contribution >= 4 is 28.1 Å². The van der Waals surface area contributed by atoms with Gasteiger partial charge in [0, 0.05) is 10.4 Å². The van der Waals surface area contributed by atoms with E-state index in [1.165, 1.54) is 11.3 Å². The molecule has 3 N–H and O–H groups in total. The second-order valence-electron chi connectivity index (χ2n) is 5.13. The summed E-state index contributed by atoms with van der Waals surface area (Å²) in [5.74, 6) is 0.352. The zero-order valence-electron chi connectivity index (χ0n) is 13.2. The highest BCUT2D eigenvalue weighted by molar-refractivity contribution is 7.16. The normalized spacial score (nSPS) is 10.4. The molecular weight excluding hydrogens is 322 g/mol. The fourth-order valence-corrected chi connectivity index (χ4v) is 3.37. The molecule has 2 aromatic carbocycles. The summed E-state index contributed by atoms with van der Waals surface area (Å²) in [4.78, 5) is 16.9. The minimum absolute atomic E-state index is 0.162. The molecule has 6 heteroatoms. The predicted molar refractivity (Wildman–Crippen MR) is 96.7 cm³/mol. The minimum Gasteiger partial charge on any atom is -0.495 e. The maximum Gasteiger partial charge on any atom is 0.222 e. The van der Waals surface area contributed by atoms with E-state index in [-0.39, 0.29) is 12.3 Å². The van der Waals surface area contributed by atoms with Crippen LogP contribution in [0.25, 0.3) is 11.3 Å². The van der Waals surface area contributed by atoms with E-state index in [1.807, 2.05) is 54.6 Å². The van der Waals surface area contributed by atoms with Crippen LogP contribution < -0.4 is 15.8 Å². The Balaban J connectivity index is 1.97. The summed E-state index contributed by atoms with van der Waals surface area (Å²) in [5, 5.41) is 3.95. The summed E-state index contributed by atoms with van der Waals surface area (Å²) in [6, 6.07) is 17.4. The molecule has 0 aliphatic rings. The lowest BCUT2D eigenvalue weighted by molar-refractivity contribution is -0.117. The quantitative estimate of drug-likeness (QED) is 0.719. The summed E-state index contributed by atoms with van der Waals surface area (Å²) >= 11 is 1.42. The largest absolute Gasteiger partial charge is 0.495 e. The maximum atomic E-state index is 11.4. The lowest BCUT2D eigenvalue weighted by atomic mass is 10.1. The molecule has 1 amide bonds. The smallest absolute Gasteiger partial charge is 0.222 e. The van der Waals surface area contributed by atoms with Gasteiger partial charge in [-0.15, -0.1) is 11.3 Å². The highest BCUT2D eigenvalue weighted by Crippen LogP contribution is 2.35. The second-order valence-corrected chi connectivity index (χ2v) is 6.21. The molecule has 0 aliphatic heterocycles. The Hall–Kier alpha value is -2.86. The number of nitrogens with zero attached hydrogens (tertiary/aromatic N) is 1. The number of rotatable bonds is 6. The van der Waals surface area contributed by atoms with Crippen LogP contribution in [0.3, 0.4) is 0 Å². The van der Waals surface area contributed by atoms with Crippen molar-refractivity contribution in [3.63, 3.8) is 0 Å². The Morgan fingerprint density at radius 2 is 1.88 bits per heavy atom. The van der Waals surface area contributed by atoms with Crippen molar-refractivity contribution in [3.8, 4) is 17.0 Å². The van der Waals surface area contributed by atoms with E-state index in [0.29, 0.717) is 5.13 Å². The van der Waals surface area contributed by atoms with Crippen molar-refractivity contribution in [1.82, 2.24) is 4.98 Å². The van der Waals surface area contributed by atoms with Gasteiger partial charge in [0.2, 0.25) is 5.91 Å². The third kappa shape index (κ3) is 3.55. The van der Waals surface area contributed by atoms with E-state index in [1.54, 1.807) is 7.11 Å². The number of para-hydroxylation sites is 2. The number of carbonyl (C=O) groups is 1. The van der Waals surface area contributed by atoms with Crippen molar-refractivity contribution < 1.29 is 9.53 Å². The highest BCUT2D eigenvalue weighted by atomic mass is 32.1. The number of methoxy groups -OCH3 is 1. The van der Waals surface area contributed by atoms with Gasteiger partial charge in [0.05, 0.1) is 24.9 Å². The number of primary amides is 1. The first kappa shape index (κ1) is 16.0. The molecule has 122 valence electrons. The fraction of sp³-hybridized carbons (Fsp3) is 0.111. The summed E-state index contributed by atoms with van der Waals surface area (Å²) in [5.41, 5.74) is 7.93. The number of ether oxygens (including phenoxy) is 1. The molecule has 0 saturated carbocycles. The fourth-order valence-electron chi connectivity index (χ4n) is 2.37. The van der Waals surface area contributed by atoms with Crippen LogP contribution in [0.4, 0.5) is 10.8 Å². The van der Waals surface area contributed by atoms with Gasteiger partial charge in [-0.25, -0.2) is 4.98 Å². The first-order valence-corrected chi connectivity index (χ1v) is 8.22. The lowest BCUT2D eigenvalue weighted by Crippen LogP contribution is -2.13. The van der Waals surface area contributed by atoms with Gasteiger partial charge in [-0.3, -0.25) is 4.79 Å². The molecule has 0 atom stereocenters. The monoisotopic (exact) mass is 339 g/mol. The van der Waals surface area contributed by atoms with Crippen molar-refractivity contribution in [3.05, 3.63) is 59.5 Å². The number of thiazole rings is 1. The van der Waals surface area contributed by atoms with Crippen molar-refractivity contribution in [2.75, 3.05) is 12.4 Å². The number of aromatic nitrogens is 1. The van der Waals surface area contributed by atoms with Gasteiger partial charge in [0.15, 0.2) is 5.13 Å². The standard InChI is InChI=1S/C18H17N3O2S/c1-23-14-10-6-5-9-13(14)20-18-21-17(12-7-3-2-4-8-12)15(24-18)11-16(19)22/h2-10H,11H2,1H3,(H2,19,22)(H,20,21). The average Bonchev–Trinajstić information content (AvgIpc) is 2.97. The highest BCUT2D eigenvalue weighted by Gasteiger charge is 2.15. The topological polar surface area (TPSA) is 77.2 Å². The van der Waals surface area contributed by atoms with E-state index < -0.39 is 0 Å². The first-order chi connectivity index (χ1) is 11.7. The van der Waals surface area contributed by atoms with Crippen LogP contribution in [0.5, 0.6) is 5.75 Å². The lowest BCUT2D eigenvalue weighted by Gasteiger charge is -2.08. The van der Waals surface area contributed by atoms with Crippen LogP contribution in [0, 0.1) is 0 Å². The molecule has 3 rings (SSSR count). The van der Waals surface area contributed by atoms with Crippen molar-refractivity contribution in [2.24, 2.45) is 5.73 Å². The molecule has 1 aromatic heterocycles. The SMILES string of the molecule is COc1ccccc1Nc1nc(-c2ccccc2)c(CC(N)=O)s1. The number of benzene rings is 2. The zero-order chi connectivity index (χ0) is 16.9. The number of nitrogens with one attached hydrogen (secondary N) is 1. The van der Waals surface area contributed by atoms with E-state index in [4.69, 9.17) is 10.5 Å². The van der Waals surface area contributed by atoms with Gasteiger partial charge >= 0.3 is 0 Å². The van der Waals surface area contributed by atoms with Crippen molar-refractivity contribution in [2.45, 2.75) is 6.42 Å². The van der Waals surface area contributed by atoms with E-state index in [9.17, 15) is 4.79 Å². The third-order valence-electron chi connectivity index (χ3n) is 3.43. The van der Waals surface area contributed by atoms with Crippen molar-refractivity contribution in [1.29, 1.82) is 0 Å². The molecule has 5 nitrogen and oxygen atoms in total. The Morgan fingerprint density at radius 1 is 1.17 bits per heavy atom. The van der Waals surface area contributed by atoms with Gasteiger partial charge in [0.1, 0.15) is 5.75 Å². The number of anilines is 2. The zero-order valence-corrected chi connectivity index (χ0v) is 14.0. The third-order valence-corrected chi connectivity index (χ3v) is 4.40. The van der Waals surface area contributed by atoms with Gasteiger partial charge < -0.3 is 15.8 Å². The summed E-state index contributed by atoms with van der Waals surface area (Å²) in [7, 11) is 1.62. The van der Waals surface area contributed by atoms with Crippen LogP contribution in [-0.4, -0.2) is 18.0 Å². The molecule has 1 heterocycles. The average molecular weight is 339 g/mol. The second kappa shape index (κ2) is 7.14. The Labute approximate surface area is 144 Å². The van der Waals surface area contributed by atoms with Gasteiger partial charge in [-0.05, 0) is 12.1 Å². The van der Waals surface area contributed by atoms with Crippen LogP contribution in [0.2, 0.25) is 0 Å².